The van der Waals surface area contributed by atoms with Crippen molar-refractivity contribution < 1.29 is 52.4 Å². The second kappa shape index (κ2) is 18.8. The van der Waals surface area contributed by atoms with Crippen molar-refractivity contribution in [2.45, 2.75) is 25.2 Å². The normalized spacial score (nSPS) is 14.0. The molecule has 0 unspecified atom stereocenters. The molecule has 1 N–H and O–H groups in total. The van der Waals surface area contributed by atoms with Gasteiger partial charge < -0.3 is 38.6 Å². The zero-order valence-electron chi connectivity index (χ0n) is 25.2. The van der Waals surface area contributed by atoms with Crippen LogP contribution in [-0.2, 0) is 47.6 Å². The first-order valence-electron chi connectivity index (χ1n) is 15.1. The van der Waals surface area contributed by atoms with Crippen molar-refractivity contribution >= 4 is 23.9 Å². The molecule has 3 amide bonds. The van der Waals surface area contributed by atoms with Crippen molar-refractivity contribution in [2.75, 3.05) is 79.2 Å². The topological polar surface area (TPSA) is 148 Å². The highest BCUT2D eigenvalue weighted by atomic mass is 16.7. The monoisotopic (exact) mass is 628 g/mol. The van der Waals surface area contributed by atoms with E-state index in [9.17, 15) is 19.2 Å². The summed E-state index contributed by atoms with van der Waals surface area (Å²) in [5.41, 5.74) is 4.72. The summed E-state index contributed by atoms with van der Waals surface area (Å²) in [4.78, 5) is 51.4. The van der Waals surface area contributed by atoms with Crippen LogP contribution in [0.25, 0.3) is 11.1 Å². The highest BCUT2D eigenvalue weighted by Gasteiger charge is 2.32. The molecule has 4 rings (SSSR count). The molecule has 45 heavy (non-hydrogen) atoms. The highest BCUT2D eigenvalue weighted by molar-refractivity contribution is 6.01. The largest absolute Gasteiger partial charge is 0.449 e. The van der Waals surface area contributed by atoms with Crippen molar-refractivity contribution in [3.05, 3.63) is 59.7 Å². The molecule has 0 saturated carbocycles. The Morgan fingerprint density at radius 3 is 1.67 bits per heavy atom. The Bertz CT molecular complexity index is 1210. The summed E-state index contributed by atoms with van der Waals surface area (Å²) in [5, 5.41) is 3.23. The van der Waals surface area contributed by atoms with Gasteiger partial charge in [-0.1, -0.05) is 48.5 Å². The number of fused-ring (bicyclic) bond motifs is 3. The summed E-state index contributed by atoms with van der Waals surface area (Å²) in [7, 11) is 0. The molecule has 1 heterocycles. The van der Waals surface area contributed by atoms with E-state index < -0.39 is 23.9 Å². The van der Waals surface area contributed by atoms with Gasteiger partial charge in [-0.3, -0.25) is 9.59 Å². The summed E-state index contributed by atoms with van der Waals surface area (Å²) in [5.74, 6) is -1.71. The average molecular weight is 629 g/mol. The van der Waals surface area contributed by atoms with Gasteiger partial charge in [-0.25, -0.2) is 9.59 Å². The average Bonchev–Trinajstić information content (AvgIpc) is 3.54. The number of hydroxylamine groups is 2. The van der Waals surface area contributed by atoms with Crippen molar-refractivity contribution in [1.82, 2.24) is 10.4 Å². The molecule has 0 bridgehead atoms. The van der Waals surface area contributed by atoms with Crippen LogP contribution in [0.2, 0.25) is 0 Å². The van der Waals surface area contributed by atoms with Crippen LogP contribution in [0, 0.1) is 0 Å². The van der Waals surface area contributed by atoms with Crippen LogP contribution < -0.4 is 5.32 Å². The van der Waals surface area contributed by atoms with Gasteiger partial charge in [-0.15, -0.1) is 5.06 Å². The van der Waals surface area contributed by atoms with Crippen LogP contribution in [-0.4, -0.2) is 108 Å². The number of alkyl carbamates (subject to hydrolysis) is 1. The maximum absolute atomic E-state index is 12.2. The fraction of sp³-hybridized carbons (Fsp3) is 0.500. The summed E-state index contributed by atoms with van der Waals surface area (Å²) < 4.78 is 32.5. The lowest BCUT2D eigenvalue weighted by atomic mass is 9.98. The van der Waals surface area contributed by atoms with Gasteiger partial charge in [0.1, 0.15) is 6.61 Å². The van der Waals surface area contributed by atoms with E-state index in [1.165, 1.54) is 22.3 Å². The lowest BCUT2D eigenvalue weighted by Gasteiger charge is -2.14. The Morgan fingerprint density at radius 1 is 0.667 bits per heavy atom. The van der Waals surface area contributed by atoms with Gasteiger partial charge in [-0.05, 0) is 22.3 Å². The molecule has 13 nitrogen and oxygen atoms in total. The zero-order chi connectivity index (χ0) is 31.7. The van der Waals surface area contributed by atoms with Crippen molar-refractivity contribution in [3.63, 3.8) is 0 Å². The van der Waals surface area contributed by atoms with E-state index in [2.05, 4.69) is 29.6 Å². The minimum atomic E-state index is -0.704. The molecule has 0 atom stereocenters. The number of hydrogen-bond donors (Lipinski definition) is 1. The summed E-state index contributed by atoms with van der Waals surface area (Å²) in [6.07, 6.45) is -0.441. The minimum Gasteiger partial charge on any atom is -0.449 e. The Hall–Kier alpha value is -3.88. The number of imide groups is 1. The Balaban J connectivity index is 0.885. The van der Waals surface area contributed by atoms with Crippen molar-refractivity contribution in [1.29, 1.82) is 0 Å². The van der Waals surface area contributed by atoms with E-state index in [1.54, 1.807) is 0 Å². The van der Waals surface area contributed by atoms with Gasteiger partial charge >= 0.3 is 12.1 Å². The molecular weight excluding hydrogens is 588 g/mol. The summed E-state index contributed by atoms with van der Waals surface area (Å²) in [6, 6.07) is 16.4. The molecule has 13 heteroatoms. The van der Waals surface area contributed by atoms with E-state index in [0.29, 0.717) is 64.5 Å². The molecule has 244 valence electrons. The van der Waals surface area contributed by atoms with E-state index in [1.807, 2.05) is 24.3 Å². The molecular formula is C32H40N2O11. The number of benzene rings is 2. The van der Waals surface area contributed by atoms with Gasteiger partial charge in [0.2, 0.25) is 0 Å². The molecule has 2 aliphatic rings. The van der Waals surface area contributed by atoms with Crippen LogP contribution in [0.4, 0.5) is 4.79 Å². The number of nitrogens with one attached hydrogen (secondary N) is 1. The quantitative estimate of drug-likeness (QED) is 0.161. The third-order valence-corrected chi connectivity index (χ3v) is 7.00. The molecule has 2 aromatic carbocycles. The molecule has 1 fully saturated rings. The van der Waals surface area contributed by atoms with Gasteiger partial charge in [0.05, 0.1) is 72.5 Å². The molecule has 1 aliphatic carbocycles. The minimum absolute atomic E-state index is 0.0229. The number of ether oxygens (including phenoxy) is 6. The van der Waals surface area contributed by atoms with Crippen molar-refractivity contribution in [2.24, 2.45) is 0 Å². The van der Waals surface area contributed by atoms with E-state index in [-0.39, 0.29) is 45.0 Å². The van der Waals surface area contributed by atoms with Gasteiger partial charge in [0.25, 0.3) is 11.8 Å². The van der Waals surface area contributed by atoms with Gasteiger partial charge in [0, 0.05) is 25.3 Å². The SMILES string of the molecule is O=C(CCOCCOCCOCCOCCOCCNC(=O)OCC1c2ccccc2-c2ccccc21)ON1C(=O)CCC1=O. The Kier molecular flexibility index (Phi) is 14.2. The lowest BCUT2D eigenvalue weighted by molar-refractivity contribution is -0.198. The molecule has 1 aliphatic heterocycles. The fourth-order valence-electron chi connectivity index (χ4n) is 4.82. The first kappa shape index (κ1) is 34.0. The third kappa shape index (κ3) is 10.9. The van der Waals surface area contributed by atoms with E-state index in [0.717, 1.165) is 0 Å². The van der Waals surface area contributed by atoms with E-state index >= 15 is 0 Å². The smallest absolute Gasteiger partial charge is 0.407 e. The molecule has 1 saturated heterocycles. The van der Waals surface area contributed by atoms with Gasteiger partial charge in [0.15, 0.2) is 0 Å². The number of hydrogen-bond acceptors (Lipinski definition) is 11. The van der Waals surface area contributed by atoms with Crippen LogP contribution in [0.15, 0.2) is 48.5 Å². The number of nitrogens with zero attached hydrogens (tertiary/aromatic N) is 1. The third-order valence-electron chi connectivity index (χ3n) is 7.00. The van der Waals surface area contributed by atoms with Crippen LogP contribution in [0.1, 0.15) is 36.3 Å². The van der Waals surface area contributed by atoms with Crippen LogP contribution in [0.5, 0.6) is 0 Å². The number of rotatable bonds is 21. The lowest BCUT2D eigenvalue weighted by Crippen LogP contribution is -2.32. The first-order chi connectivity index (χ1) is 22.0. The van der Waals surface area contributed by atoms with Gasteiger partial charge in [-0.2, -0.15) is 0 Å². The summed E-state index contributed by atoms with van der Waals surface area (Å²) >= 11 is 0. The molecule has 0 aromatic heterocycles. The second-order valence-electron chi connectivity index (χ2n) is 10.1. The second-order valence-corrected chi connectivity index (χ2v) is 10.1. The maximum atomic E-state index is 12.2. The molecule has 2 aromatic rings. The zero-order valence-corrected chi connectivity index (χ0v) is 25.2. The van der Waals surface area contributed by atoms with Crippen molar-refractivity contribution in [3.8, 4) is 11.1 Å². The van der Waals surface area contributed by atoms with E-state index in [4.69, 9.17) is 33.3 Å². The molecule has 0 radical (unpaired) electrons. The van der Waals surface area contributed by atoms with Crippen LogP contribution in [0.3, 0.4) is 0 Å². The number of carbonyl (C=O) groups is 4. The maximum Gasteiger partial charge on any atom is 0.407 e. The Labute approximate surface area is 261 Å². The standard InChI is InChI=1S/C32H40N2O11/c35-29-9-10-30(36)34(29)45-31(37)11-13-39-15-17-41-19-21-43-22-20-42-18-16-40-14-12-33-32(38)44-23-28-26-7-3-1-5-24(26)25-6-2-4-8-27(25)28/h1-8,28H,9-23H2,(H,33,38). The predicted octanol–water partition coefficient (Wildman–Crippen LogP) is 2.61. The number of amides is 3. The highest BCUT2D eigenvalue weighted by Crippen LogP contribution is 2.44. The number of carbonyl (C=O) groups excluding carboxylic acids is 4. The first-order valence-corrected chi connectivity index (χ1v) is 15.1. The van der Waals surface area contributed by atoms with Crippen LogP contribution >= 0.6 is 0 Å². The molecule has 0 spiro atoms. The Morgan fingerprint density at radius 2 is 1.13 bits per heavy atom. The predicted molar refractivity (Wildman–Crippen MR) is 159 cm³/mol. The summed E-state index contributed by atoms with van der Waals surface area (Å²) in [6.45, 7) is 4.03. The fourth-order valence-corrected chi connectivity index (χ4v) is 4.82.